The fourth-order valence-corrected chi connectivity index (χ4v) is 2.47. The molecule has 0 spiro atoms. The van der Waals surface area contributed by atoms with Crippen molar-refractivity contribution in [2.75, 3.05) is 20.1 Å². The molecular formula is C14H22N2. The topological polar surface area (TPSA) is 29.3 Å². The van der Waals surface area contributed by atoms with Crippen LogP contribution in [-0.4, -0.2) is 30.6 Å². The lowest BCUT2D eigenvalue weighted by Crippen LogP contribution is -2.50. The Kier molecular flexibility index (Phi) is 3.31. The molecule has 2 rings (SSSR count). The van der Waals surface area contributed by atoms with Gasteiger partial charge in [-0.1, -0.05) is 29.8 Å². The molecule has 1 aliphatic rings. The summed E-state index contributed by atoms with van der Waals surface area (Å²) >= 11 is 0. The lowest BCUT2D eigenvalue weighted by atomic mass is 9.83. The van der Waals surface area contributed by atoms with Gasteiger partial charge in [0.2, 0.25) is 0 Å². The van der Waals surface area contributed by atoms with Crippen LogP contribution in [0.4, 0.5) is 0 Å². The first-order chi connectivity index (χ1) is 7.57. The van der Waals surface area contributed by atoms with Gasteiger partial charge in [0.15, 0.2) is 0 Å². The lowest BCUT2D eigenvalue weighted by Gasteiger charge is -2.37. The van der Waals surface area contributed by atoms with Gasteiger partial charge in [-0.15, -0.1) is 0 Å². The second-order valence-electron chi connectivity index (χ2n) is 5.33. The maximum Gasteiger partial charge on any atom is 0.0219 e. The quantitative estimate of drug-likeness (QED) is 0.822. The van der Waals surface area contributed by atoms with Crippen LogP contribution in [0.5, 0.6) is 0 Å². The third-order valence-electron chi connectivity index (χ3n) is 3.62. The number of aryl methyl sites for hydroxylation is 1. The van der Waals surface area contributed by atoms with Gasteiger partial charge in [-0.05, 0) is 51.9 Å². The summed E-state index contributed by atoms with van der Waals surface area (Å²) < 4.78 is 0. The van der Waals surface area contributed by atoms with Crippen LogP contribution in [-0.2, 0) is 6.42 Å². The normalized spacial score (nSPS) is 20.9. The van der Waals surface area contributed by atoms with Crippen molar-refractivity contribution in [3.63, 3.8) is 0 Å². The van der Waals surface area contributed by atoms with E-state index in [-0.39, 0.29) is 5.54 Å². The summed E-state index contributed by atoms with van der Waals surface area (Å²) in [6.45, 7) is 4.39. The minimum atomic E-state index is 0.0142. The van der Waals surface area contributed by atoms with Gasteiger partial charge in [0, 0.05) is 5.54 Å². The van der Waals surface area contributed by atoms with Crippen LogP contribution in [0.1, 0.15) is 24.0 Å². The molecule has 0 saturated carbocycles. The summed E-state index contributed by atoms with van der Waals surface area (Å²) in [7, 11) is 2.17. The number of likely N-dealkylation sites (tertiary alicyclic amines) is 1. The zero-order valence-electron chi connectivity index (χ0n) is 10.4. The van der Waals surface area contributed by atoms with Crippen LogP contribution >= 0.6 is 0 Å². The van der Waals surface area contributed by atoms with E-state index in [1.165, 1.54) is 11.1 Å². The first-order valence-electron chi connectivity index (χ1n) is 6.10. The van der Waals surface area contributed by atoms with Crippen molar-refractivity contribution in [2.24, 2.45) is 5.73 Å². The first kappa shape index (κ1) is 11.6. The molecule has 0 aromatic heterocycles. The molecule has 0 radical (unpaired) electrons. The fourth-order valence-electron chi connectivity index (χ4n) is 2.47. The van der Waals surface area contributed by atoms with Crippen molar-refractivity contribution < 1.29 is 0 Å². The van der Waals surface area contributed by atoms with Crippen molar-refractivity contribution in [3.05, 3.63) is 35.4 Å². The van der Waals surface area contributed by atoms with Gasteiger partial charge < -0.3 is 10.6 Å². The summed E-state index contributed by atoms with van der Waals surface area (Å²) in [6, 6.07) is 8.72. The Balaban J connectivity index is 2.03. The molecule has 0 bridgehead atoms. The Labute approximate surface area is 98.4 Å². The minimum Gasteiger partial charge on any atom is -0.325 e. The molecule has 1 saturated heterocycles. The van der Waals surface area contributed by atoms with Crippen molar-refractivity contribution in [1.29, 1.82) is 0 Å². The minimum absolute atomic E-state index is 0.0142. The second kappa shape index (κ2) is 4.56. The zero-order valence-corrected chi connectivity index (χ0v) is 10.4. The Bertz CT molecular complexity index is 352. The predicted molar refractivity (Wildman–Crippen MR) is 68.5 cm³/mol. The van der Waals surface area contributed by atoms with E-state index < -0.39 is 0 Å². The Hall–Kier alpha value is -0.860. The third kappa shape index (κ3) is 2.83. The van der Waals surface area contributed by atoms with Crippen LogP contribution in [0.3, 0.4) is 0 Å². The third-order valence-corrected chi connectivity index (χ3v) is 3.62. The number of rotatable bonds is 2. The molecule has 1 heterocycles. The molecule has 2 N–H and O–H groups in total. The molecule has 1 fully saturated rings. The van der Waals surface area contributed by atoms with Gasteiger partial charge >= 0.3 is 0 Å². The van der Waals surface area contributed by atoms with E-state index in [1.807, 2.05) is 0 Å². The first-order valence-corrected chi connectivity index (χ1v) is 6.10. The summed E-state index contributed by atoms with van der Waals surface area (Å²) in [5, 5.41) is 0. The van der Waals surface area contributed by atoms with Gasteiger partial charge in [0.05, 0.1) is 0 Å². The molecule has 88 valence electrons. The smallest absolute Gasteiger partial charge is 0.0219 e. The van der Waals surface area contributed by atoms with Crippen LogP contribution in [0.15, 0.2) is 24.3 Å². The molecule has 1 aromatic carbocycles. The molecule has 1 aliphatic heterocycles. The largest absolute Gasteiger partial charge is 0.325 e. The molecule has 1 aromatic rings. The SMILES string of the molecule is Cc1cccc(CC2(N)CCN(C)CC2)c1. The Morgan fingerprint density at radius 1 is 1.31 bits per heavy atom. The van der Waals surface area contributed by atoms with Crippen molar-refractivity contribution in [2.45, 2.75) is 31.7 Å². The van der Waals surface area contributed by atoms with Gasteiger partial charge in [-0.25, -0.2) is 0 Å². The molecule has 0 atom stereocenters. The number of benzene rings is 1. The van der Waals surface area contributed by atoms with Crippen molar-refractivity contribution in [3.8, 4) is 0 Å². The molecule has 0 aliphatic carbocycles. The van der Waals surface area contributed by atoms with Crippen molar-refractivity contribution in [1.82, 2.24) is 4.90 Å². The van der Waals surface area contributed by atoms with Gasteiger partial charge in [-0.3, -0.25) is 0 Å². The molecule has 0 amide bonds. The maximum atomic E-state index is 6.48. The highest BCUT2D eigenvalue weighted by atomic mass is 15.1. The summed E-state index contributed by atoms with van der Waals surface area (Å²) in [4.78, 5) is 2.36. The van der Waals surface area contributed by atoms with Crippen LogP contribution in [0, 0.1) is 6.92 Å². The van der Waals surface area contributed by atoms with E-state index >= 15 is 0 Å². The Morgan fingerprint density at radius 2 is 2.00 bits per heavy atom. The highest BCUT2D eigenvalue weighted by Gasteiger charge is 2.29. The molecular weight excluding hydrogens is 196 g/mol. The van der Waals surface area contributed by atoms with Gasteiger partial charge in [-0.2, -0.15) is 0 Å². The summed E-state index contributed by atoms with van der Waals surface area (Å²) in [6.07, 6.45) is 3.23. The number of hydrogen-bond donors (Lipinski definition) is 1. The molecule has 0 unspecified atom stereocenters. The lowest BCUT2D eigenvalue weighted by molar-refractivity contribution is 0.190. The number of nitrogens with zero attached hydrogens (tertiary/aromatic N) is 1. The van der Waals surface area contributed by atoms with Gasteiger partial charge in [0.1, 0.15) is 0 Å². The highest BCUT2D eigenvalue weighted by Crippen LogP contribution is 2.23. The highest BCUT2D eigenvalue weighted by molar-refractivity contribution is 5.24. The summed E-state index contributed by atoms with van der Waals surface area (Å²) in [5.41, 5.74) is 9.20. The summed E-state index contributed by atoms with van der Waals surface area (Å²) in [5.74, 6) is 0. The van der Waals surface area contributed by atoms with E-state index in [4.69, 9.17) is 5.73 Å². The van der Waals surface area contributed by atoms with E-state index in [2.05, 4.69) is 43.1 Å². The van der Waals surface area contributed by atoms with Crippen LogP contribution in [0.25, 0.3) is 0 Å². The van der Waals surface area contributed by atoms with Crippen molar-refractivity contribution >= 4 is 0 Å². The zero-order chi connectivity index (χ0) is 11.6. The van der Waals surface area contributed by atoms with Gasteiger partial charge in [0.25, 0.3) is 0 Å². The number of nitrogens with two attached hydrogens (primary N) is 1. The van der Waals surface area contributed by atoms with Crippen LogP contribution in [0.2, 0.25) is 0 Å². The maximum absolute atomic E-state index is 6.48. The molecule has 2 heteroatoms. The molecule has 2 nitrogen and oxygen atoms in total. The standard InChI is InChI=1S/C14H22N2/c1-12-4-3-5-13(10-12)11-14(15)6-8-16(2)9-7-14/h3-5,10H,6-9,11,15H2,1-2H3. The number of piperidine rings is 1. The number of hydrogen-bond acceptors (Lipinski definition) is 2. The van der Waals surface area contributed by atoms with E-state index in [1.54, 1.807) is 0 Å². The molecule has 16 heavy (non-hydrogen) atoms. The monoisotopic (exact) mass is 218 g/mol. The van der Waals surface area contributed by atoms with E-state index in [0.717, 1.165) is 32.4 Å². The average Bonchev–Trinajstić information content (AvgIpc) is 2.23. The second-order valence-corrected chi connectivity index (χ2v) is 5.33. The van der Waals surface area contributed by atoms with E-state index in [9.17, 15) is 0 Å². The van der Waals surface area contributed by atoms with Crippen LogP contribution < -0.4 is 5.73 Å². The average molecular weight is 218 g/mol. The fraction of sp³-hybridized carbons (Fsp3) is 0.571. The predicted octanol–water partition coefficient (Wildman–Crippen LogP) is 1.96. The Morgan fingerprint density at radius 3 is 2.62 bits per heavy atom. The van der Waals surface area contributed by atoms with E-state index in [0.29, 0.717) is 0 Å².